The molecule has 0 heterocycles. The first kappa shape index (κ1) is 13.7. The zero-order chi connectivity index (χ0) is 13.9. The molecule has 1 atom stereocenters. The van der Waals surface area contributed by atoms with Gasteiger partial charge >= 0.3 is 0 Å². The van der Waals surface area contributed by atoms with Gasteiger partial charge in [-0.1, -0.05) is 36.4 Å². The van der Waals surface area contributed by atoms with Crippen molar-refractivity contribution < 1.29 is 9.50 Å². The number of halogens is 1. The van der Waals surface area contributed by atoms with Gasteiger partial charge < -0.3 is 10.8 Å². The Kier molecular flexibility index (Phi) is 3.98. The summed E-state index contributed by atoms with van der Waals surface area (Å²) in [6.45, 7) is 1.95. The highest BCUT2D eigenvalue weighted by molar-refractivity contribution is 5.32. The number of aryl methyl sites for hydroxylation is 1. The summed E-state index contributed by atoms with van der Waals surface area (Å²) >= 11 is 0. The molecule has 2 rings (SSSR count). The highest BCUT2D eigenvalue weighted by Gasteiger charge is 2.28. The van der Waals surface area contributed by atoms with E-state index in [-0.39, 0.29) is 12.4 Å². The van der Waals surface area contributed by atoms with Crippen LogP contribution in [0.4, 0.5) is 4.39 Å². The van der Waals surface area contributed by atoms with Crippen LogP contribution >= 0.6 is 0 Å². The maximum Gasteiger partial charge on any atom is 0.123 e. The standard InChI is InChI=1S/C16H18FNO/c1-12-9-15(17)8-7-13(12)10-16(19,11-18)14-5-3-2-4-6-14/h2-9,19H,10-11,18H2,1H3. The van der Waals surface area contributed by atoms with Crippen LogP contribution in [0.2, 0.25) is 0 Å². The third-order valence-corrected chi connectivity index (χ3v) is 3.44. The average molecular weight is 259 g/mol. The van der Waals surface area contributed by atoms with E-state index in [0.29, 0.717) is 6.42 Å². The number of aliphatic hydroxyl groups is 1. The molecule has 3 heteroatoms. The van der Waals surface area contributed by atoms with E-state index < -0.39 is 5.60 Å². The lowest BCUT2D eigenvalue weighted by Crippen LogP contribution is -2.37. The Balaban J connectivity index is 2.33. The Labute approximate surface area is 112 Å². The number of rotatable bonds is 4. The fourth-order valence-electron chi connectivity index (χ4n) is 2.21. The van der Waals surface area contributed by atoms with Gasteiger partial charge in [0.05, 0.1) is 0 Å². The van der Waals surface area contributed by atoms with E-state index in [4.69, 9.17) is 5.73 Å². The molecular weight excluding hydrogens is 241 g/mol. The molecule has 0 amide bonds. The molecule has 0 radical (unpaired) electrons. The Morgan fingerprint density at radius 2 is 1.84 bits per heavy atom. The van der Waals surface area contributed by atoms with E-state index in [1.54, 1.807) is 6.07 Å². The molecule has 0 aliphatic carbocycles. The van der Waals surface area contributed by atoms with Gasteiger partial charge in [-0.15, -0.1) is 0 Å². The highest BCUT2D eigenvalue weighted by Crippen LogP contribution is 2.26. The summed E-state index contributed by atoms with van der Waals surface area (Å²) in [5.74, 6) is -0.266. The molecule has 2 aromatic carbocycles. The topological polar surface area (TPSA) is 46.2 Å². The smallest absolute Gasteiger partial charge is 0.123 e. The van der Waals surface area contributed by atoms with Crippen molar-refractivity contribution in [1.29, 1.82) is 0 Å². The first-order valence-electron chi connectivity index (χ1n) is 6.28. The monoisotopic (exact) mass is 259 g/mol. The predicted molar refractivity (Wildman–Crippen MR) is 74.2 cm³/mol. The molecule has 2 nitrogen and oxygen atoms in total. The molecule has 0 bridgehead atoms. The quantitative estimate of drug-likeness (QED) is 0.886. The van der Waals surface area contributed by atoms with Gasteiger partial charge in [0.15, 0.2) is 0 Å². The molecule has 3 N–H and O–H groups in total. The normalized spacial score (nSPS) is 14.1. The molecule has 0 aromatic heterocycles. The van der Waals surface area contributed by atoms with Gasteiger partial charge in [-0.3, -0.25) is 0 Å². The van der Waals surface area contributed by atoms with Gasteiger partial charge in [0.1, 0.15) is 11.4 Å². The molecule has 2 aromatic rings. The first-order valence-corrected chi connectivity index (χ1v) is 6.28. The number of hydrogen-bond acceptors (Lipinski definition) is 2. The van der Waals surface area contributed by atoms with Gasteiger partial charge in [-0.05, 0) is 35.7 Å². The van der Waals surface area contributed by atoms with Crippen LogP contribution in [0.15, 0.2) is 48.5 Å². The second-order valence-electron chi connectivity index (χ2n) is 4.85. The van der Waals surface area contributed by atoms with Crippen LogP contribution in [-0.4, -0.2) is 11.7 Å². The van der Waals surface area contributed by atoms with E-state index in [0.717, 1.165) is 16.7 Å². The maximum absolute atomic E-state index is 13.1. The lowest BCUT2D eigenvalue weighted by atomic mass is 9.86. The van der Waals surface area contributed by atoms with Crippen LogP contribution in [0.1, 0.15) is 16.7 Å². The summed E-state index contributed by atoms with van der Waals surface area (Å²) in [5.41, 5.74) is 7.12. The van der Waals surface area contributed by atoms with Gasteiger partial charge in [0.2, 0.25) is 0 Å². The second-order valence-corrected chi connectivity index (χ2v) is 4.85. The Bertz CT molecular complexity index is 556. The van der Waals surface area contributed by atoms with Crippen LogP contribution in [0.3, 0.4) is 0 Å². The van der Waals surface area contributed by atoms with Gasteiger partial charge in [0, 0.05) is 13.0 Å². The Morgan fingerprint density at radius 3 is 2.42 bits per heavy atom. The SMILES string of the molecule is Cc1cc(F)ccc1CC(O)(CN)c1ccccc1. The minimum Gasteiger partial charge on any atom is -0.383 e. The summed E-state index contributed by atoms with van der Waals surface area (Å²) < 4.78 is 13.1. The largest absolute Gasteiger partial charge is 0.383 e. The fraction of sp³-hybridized carbons (Fsp3) is 0.250. The van der Waals surface area contributed by atoms with E-state index in [2.05, 4.69) is 0 Å². The number of hydrogen-bond donors (Lipinski definition) is 2. The van der Waals surface area contributed by atoms with E-state index in [9.17, 15) is 9.50 Å². The molecule has 0 saturated carbocycles. The summed E-state index contributed by atoms with van der Waals surface area (Å²) in [4.78, 5) is 0. The lowest BCUT2D eigenvalue weighted by molar-refractivity contribution is 0.0461. The number of benzene rings is 2. The van der Waals surface area contributed by atoms with E-state index >= 15 is 0 Å². The highest BCUT2D eigenvalue weighted by atomic mass is 19.1. The number of nitrogens with two attached hydrogens (primary N) is 1. The molecule has 0 aliphatic rings. The van der Waals surface area contributed by atoms with Crippen LogP contribution in [0, 0.1) is 12.7 Å². The van der Waals surface area contributed by atoms with Crippen molar-refractivity contribution in [2.75, 3.05) is 6.54 Å². The zero-order valence-corrected chi connectivity index (χ0v) is 10.9. The molecule has 1 unspecified atom stereocenters. The van der Waals surface area contributed by atoms with Crippen molar-refractivity contribution in [2.45, 2.75) is 18.9 Å². The minimum atomic E-state index is -1.12. The molecule has 0 fully saturated rings. The minimum absolute atomic E-state index is 0.119. The van der Waals surface area contributed by atoms with Crippen molar-refractivity contribution in [1.82, 2.24) is 0 Å². The lowest BCUT2D eigenvalue weighted by Gasteiger charge is -2.28. The van der Waals surface area contributed by atoms with Gasteiger partial charge in [0.25, 0.3) is 0 Å². The summed E-state index contributed by atoms with van der Waals surface area (Å²) in [6.07, 6.45) is 0.375. The van der Waals surface area contributed by atoms with Crippen LogP contribution in [0.25, 0.3) is 0 Å². The van der Waals surface area contributed by atoms with Crippen LogP contribution in [-0.2, 0) is 12.0 Å². The third kappa shape index (κ3) is 3.00. The van der Waals surface area contributed by atoms with E-state index in [1.807, 2.05) is 37.3 Å². The van der Waals surface area contributed by atoms with Crippen molar-refractivity contribution in [3.05, 3.63) is 71.0 Å². The summed E-state index contributed by atoms with van der Waals surface area (Å²) in [7, 11) is 0. The van der Waals surface area contributed by atoms with Gasteiger partial charge in [-0.2, -0.15) is 0 Å². The van der Waals surface area contributed by atoms with Crippen molar-refractivity contribution in [3.8, 4) is 0 Å². The molecule has 100 valence electrons. The van der Waals surface area contributed by atoms with Crippen molar-refractivity contribution in [3.63, 3.8) is 0 Å². The summed E-state index contributed by atoms with van der Waals surface area (Å²) in [5, 5.41) is 10.7. The Morgan fingerprint density at radius 1 is 1.16 bits per heavy atom. The fourth-order valence-corrected chi connectivity index (χ4v) is 2.21. The molecular formula is C16H18FNO. The van der Waals surface area contributed by atoms with Crippen LogP contribution < -0.4 is 5.73 Å². The van der Waals surface area contributed by atoms with Gasteiger partial charge in [-0.25, -0.2) is 4.39 Å². The molecule has 0 spiro atoms. The average Bonchev–Trinajstić information content (AvgIpc) is 2.43. The maximum atomic E-state index is 13.1. The summed E-state index contributed by atoms with van der Waals surface area (Å²) in [6, 6.07) is 13.9. The Hall–Kier alpha value is -1.71. The molecule has 19 heavy (non-hydrogen) atoms. The third-order valence-electron chi connectivity index (χ3n) is 3.44. The predicted octanol–water partition coefficient (Wildman–Crippen LogP) is 2.52. The van der Waals surface area contributed by atoms with Crippen molar-refractivity contribution in [2.24, 2.45) is 5.73 Å². The van der Waals surface area contributed by atoms with E-state index in [1.165, 1.54) is 12.1 Å². The second kappa shape index (κ2) is 5.51. The molecule has 0 aliphatic heterocycles. The van der Waals surface area contributed by atoms with Crippen LogP contribution in [0.5, 0.6) is 0 Å². The zero-order valence-electron chi connectivity index (χ0n) is 10.9. The van der Waals surface area contributed by atoms with Crippen molar-refractivity contribution >= 4 is 0 Å². The molecule has 0 saturated heterocycles. The first-order chi connectivity index (χ1) is 9.05.